The van der Waals surface area contributed by atoms with Crippen LogP contribution in [0.5, 0.6) is 0 Å². The van der Waals surface area contributed by atoms with E-state index in [1.807, 2.05) is 19.1 Å². The van der Waals surface area contributed by atoms with Crippen LogP contribution in [0.25, 0.3) is 0 Å². The lowest BCUT2D eigenvalue weighted by atomic mass is 10.2. The molecule has 2 rings (SSSR count). The van der Waals surface area contributed by atoms with Gasteiger partial charge in [-0.25, -0.2) is 4.98 Å². The SMILES string of the molecule is Cc1cc(Br)ccc1Nc1nc(Cl)ncc1[N+](=O)[O-]. The van der Waals surface area contributed by atoms with Gasteiger partial charge < -0.3 is 5.32 Å². The Kier molecular flexibility index (Phi) is 3.96. The van der Waals surface area contributed by atoms with Gasteiger partial charge in [0.25, 0.3) is 0 Å². The molecule has 1 aromatic heterocycles. The van der Waals surface area contributed by atoms with Gasteiger partial charge in [-0.15, -0.1) is 0 Å². The number of hydrogen-bond acceptors (Lipinski definition) is 5. The molecule has 0 spiro atoms. The molecule has 0 fully saturated rings. The van der Waals surface area contributed by atoms with Gasteiger partial charge in [0.1, 0.15) is 6.20 Å². The Morgan fingerprint density at radius 1 is 1.47 bits per heavy atom. The average Bonchev–Trinajstić information content (AvgIpc) is 2.32. The fourth-order valence-electron chi connectivity index (χ4n) is 1.47. The molecule has 0 atom stereocenters. The van der Waals surface area contributed by atoms with Crippen molar-refractivity contribution in [1.29, 1.82) is 0 Å². The summed E-state index contributed by atoms with van der Waals surface area (Å²) in [5.41, 5.74) is 1.39. The number of aromatic nitrogens is 2. The molecule has 0 amide bonds. The standard InChI is InChI=1S/C11H8BrClN4O2/c1-6-4-7(12)2-3-8(6)15-10-9(17(18)19)5-14-11(13)16-10/h2-5H,1H3,(H,14,15,16). The number of nitro groups is 1. The van der Waals surface area contributed by atoms with Crippen molar-refractivity contribution in [3.05, 3.63) is 49.8 Å². The summed E-state index contributed by atoms with van der Waals surface area (Å²) < 4.78 is 0.922. The van der Waals surface area contributed by atoms with E-state index in [-0.39, 0.29) is 16.8 Å². The van der Waals surface area contributed by atoms with E-state index in [0.717, 1.165) is 16.2 Å². The van der Waals surface area contributed by atoms with Crippen LogP contribution in [0.15, 0.2) is 28.9 Å². The van der Waals surface area contributed by atoms with Crippen molar-refractivity contribution < 1.29 is 4.92 Å². The largest absolute Gasteiger partial charge is 0.334 e. The lowest BCUT2D eigenvalue weighted by Gasteiger charge is -2.09. The summed E-state index contributed by atoms with van der Waals surface area (Å²) in [5.74, 6) is 0.0652. The van der Waals surface area contributed by atoms with Crippen molar-refractivity contribution >= 4 is 44.7 Å². The molecule has 0 radical (unpaired) electrons. The van der Waals surface area contributed by atoms with Crippen LogP contribution in [0.2, 0.25) is 5.28 Å². The third-order valence-electron chi connectivity index (χ3n) is 2.38. The number of benzene rings is 1. The first-order valence-electron chi connectivity index (χ1n) is 5.17. The maximum atomic E-state index is 10.9. The molecule has 0 aliphatic heterocycles. The zero-order valence-corrected chi connectivity index (χ0v) is 12.1. The van der Waals surface area contributed by atoms with Gasteiger partial charge in [0.05, 0.1) is 4.92 Å². The Hall–Kier alpha value is -1.73. The first-order valence-corrected chi connectivity index (χ1v) is 6.34. The van der Waals surface area contributed by atoms with Crippen molar-refractivity contribution in [2.75, 3.05) is 5.32 Å². The van der Waals surface area contributed by atoms with Gasteiger partial charge >= 0.3 is 5.69 Å². The summed E-state index contributed by atoms with van der Waals surface area (Å²) >= 11 is 9.01. The minimum Gasteiger partial charge on any atom is -0.334 e. The summed E-state index contributed by atoms with van der Waals surface area (Å²) in [4.78, 5) is 17.8. The number of hydrogen-bond donors (Lipinski definition) is 1. The van der Waals surface area contributed by atoms with E-state index < -0.39 is 4.92 Å². The molecule has 1 N–H and O–H groups in total. The zero-order valence-electron chi connectivity index (χ0n) is 9.72. The fourth-order valence-corrected chi connectivity index (χ4v) is 2.08. The van der Waals surface area contributed by atoms with Crippen LogP contribution in [-0.4, -0.2) is 14.9 Å². The van der Waals surface area contributed by atoms with Crippen LogP contribution in [0.3, 0.4) is 0 Å². The van der Waals surface area contributed by atoms with Gasteiger partial charge in [-0.05, 0) is 42.3 Å². The topological polar surface area (TPSA) is 81.0 Å². The Bertz CT molecular complexity index is 651. The number of anilines is 2. The van der Waals surface area contributed by atoms with Crippen molar-refractivity contribution in [3.8, 4) is 0 Å². The van der Waals surface area contributed by atoms with Gasteiger partial charge in [-0.3, -0.25) is 10.1 Å². The summed E-state index contributed by atoms with van der Waals surface area (Å²) in [6.45, 7) is 1.88. The molecule has 8 heteroatoms. The Morgan fingerprint density at radius 2 is 2.21 bits per heavy atom. The molecule has 0 saturated carbocycles. The van der Waals surface area contributed by atoms with E-state index in [4.69, 9.17) is 11.6 Å². The Morgan fingerprint density at radius 3 is 2.84 bits per heavy atom. The van der Waals surface area contributed by atoms with E-state index in [1.165, 1.54) is 0 Å². The monoisotopic (exact) mass is 342 g/mol. The highest BCUT2D eigenvalue weighted by atomic mass is 79.9. The summed E-state index contributed by atoms with van der Waals surface area (Å²) in [6.07, 6.45) is 1.08. The Labute approximate surface area is 122 Å². The number of nitrogens with one attached hydrogen (secondary N) is 1. The maximum Gasteiger partial charge on any atom is 0.329 e. The first-order chi connectivity index (χ1) is 8.97. The van der Waals surface area contributed by atoms with Crippen LogP contribution < -0.4 is 5.32 Å². The zero-order chi connectivity index (χ0) is 14.0. The molecule has 1 aromatic carbocycles. The van der Waals surface area contributed by atoms with Crippen molar-refractivity contribution in [2.45, 2.75) is 6.92 Å². The molecule has 0 aliphatic rings. The average molecular weight is 344 g/mol. The molecule has 19 heavy (non-hydrogen) atoms. The molecule has 0 unspecified atom stereocenters. The quantitative estimate of drug-likeness (QED) is 0.520. The smallest absolute Gasteiger partial charge is 0.329 e. The lowest BCUT2D eigenvalue weighted by molar-refractivity contribution is -0.384. The molecule has 0 bridgehead atoms. The maximum absolute atomic E-state index is 10.9. The molecule has 6 nitrogen and oxygen atoms in total. The van der Waals surface area contributed by atoms with Crippen molar-refractivity contribution in [3.63, 3.8) is 0 Å². The highest BCUT2D eigenvalue weighted by Crippen LogP contribution is 2.28. The molecule has 0 aliphatic carbocycles. The third kappa shape index (κ3) is 3.18. The van der Waals surface area contributed by atoms with Gasteiger partial charge in [0, 0.05) is 10.2 Å². The van der Waals surface area contributed by atoms with E-state index in [1.54, 1.807) is 6.07 Å². The van der Waals surface area contributed by atoms with Crippen molar-refractivity contribution in [1.82, 2.24) is 9.97 Å². The van der Waals surface area contributed by atoms with E-state index in [9.17, 15) is 10.1 Å². The molecule has 1 heterocycles. The van der Waals surface area contributed by atoms with Gasteiger partial charge in [-0.2, -0.15) is 4.98 Å². The van der Waals surface area contributed by atoms with Gasteiger partial charge in [0.2, 0.25) is 11.1 Å². The van der Waals surface area contributed by atoms with Crippen LogP contribution in [-0.2, 0) is 0 Å². The summed E-state index contributed by atoms with van der Waals surface area (Å²) in [5, 5.41) is 13.7. The van der Waals surface area contributed by atoms with E-state index in [0.29, 0.717) is 5.69 Å². The van der Waals surface area contributed by atoms with Gasteiger partial charge in [-0.1, -0.05) is 15.9 Å². The summed E-state index contributed by atoms with van der Waals surface area (Å²) in [7, 11) is 0. The summed E-state index contributed by atoms with van der Waals surface area (Å²) in [6, 6.07) is 5.50. The molecule has 98 valence electrons. The molecule has 2 aromatic rings. The van der Waals surface area contributed by atoms with Crippen LogP contribution in [0.1, 0.15) is 5.56 Å². The fraction of sp³-hybridized carbons (Fsp3) is 0.0909. The predicted octanol–water partition coefficient (Wildman–Crippen LogP) is 3.85. The normalized spacial score (nSPS) is 10.3. The number of nitrogens with zero attached hydrogens (tertiary/aromatic N) is 3. The number of rotatable bonds is 3. The molecule has 0 saturated heterocycles. The van der Waals surface area contributed by atoms with Crippen molar-refractivity contribution in [2.24, 2.45) is 0 Å². The lowest BCUT2D eigenvalue weighted by Crippen LogP contribution is -2.02. The first kappa shape index (κ1) is 13.7. The second kappa shape index (κ2) is 5.50. The third-order valence-corrected chi connectivity index (χ3v) is 3.05. The molecular weight excluding hydrogens is 336 g/mol. The van der Waals surface area contributed by atoms with Crippen LogP contribution in [0, 0.1) is 17.0 Å². The second-order valence-electron chi connectivity index (χ2n) is 3.71. The highest BCUT2D eigenvalue weighted by molar-refractivity contribution is 9.10. The second-order valence-corrected chi connectivity index (χ2v) is 4.97. The van der Waals surface area contributed by atoms with Crippen LogP contribution >= 0.6 is 27.5 Å². The highest BCUT2D eigenvalue weighted by Gasteiger charge is 2.17. The Balaban J connectivity index is 2.42. The number of halogens is 2. The predicted molar refractivity (Wildman–Crippen MR) is 75.9 cm³/mol. The van der Waals surface area contributed by atoms with Gasteiger partial charge in [0.15, 0.2) is 0 Å². The minimum atomic E-state index is -0.563. The van der Waals surface area contributed by atoms with Crippen LogP contribution in [0.4, 0.5) is 17.2 Å². The van der Waals surface area contributed by atoms with E-state index >= 15 is 0 Å². The number of aryl methyl sites for hydroxylation is 1. The minimum absolute atomic E-state index is 0.0529. The van der Waals surface area contributed by atoms with E-state index in [2.05, 4.69) is 31.2 Å². The molecular formula is C11H8BrClN4O2.